The Hall–Kier alpha value is -0.650. The molecular formula is C16H32N4O. The van der Waals surface area contributed by atoms with Crippen molar-refractivity contribution in [2.45, 2.75) is 32.2 Å². The van der Waals surface area contributed by atoms with Crippen molar-refractivity contribution in [3.63, 3.8) is 0 Å². The van der Waals surface area contributed by atoms with E-state index in [1.165, 1.54) is 0 Å². The van der Waals surface area contributed by atoms with Crippen LogP contribution in [0.15, 0.2) is 0 Å². The van der Waals surface area contributed by atoms with Gasteiger partial charge in [-0.25, -0.2) is 0 Å². The molecule has 0 radical (unpaired) electrons. The van der Waals surface area contributed by atoms with E-state index < -0.39 is 0 Å². The first kappa shape index (κ1) is 16.7. The van der Waals surface area contributed by atoms with Crippen molar-refractivity contribution in [1.29, 1.82) is 0 Å². The molecule has 0 bridgehead atoms. The van der Waals surface area contributed by atoms with Crippen LogP contribution in [-0.2, 0) is 4.79 Å². The Morgan fingerprint density at radius 2 is 1.86 bits per heavy atom. The monoisotopic (exact) mass is 296 g/mol. The van der Waals surface area contributed by atoms with Crippen LogP contribution in [0.4, 0.5) is 0 Å². The topological polar surface area (TPSA) is 52.8 Å². The number of likely N-dealkylation sites (N-methyl/N-ethyl adjacent to an activating group) is 1. The van der Waals surface area contributed by atoms with Gasteiger partial charge in [0.2, 0.25) is 5.91 Å². The molecular weight excluding hydrogens is 264 g/mol. The number of hydrogen-bond acceptors (Lipinski definition) is 4. The van der Waals surface area contributed by atoms with Gasteiger partial charge < -0.3 is 15.5 Å². The molecule has 21 heavy (non-hydrogen) atoms. The van der Waals surface area contributed by atoms with Crippen LogP contribution in [0.2, 0.25) is 0 Å². The number of nitrogens with zero attached hydrogens (tertiary/aromatic N) is 3. The van der Waals surface area contributed by atoms with Gasteiger partial charge in [-0.05, 0) is 39.3 Å². The Bertz CT molecular complexity index is 339. The summed E-state index contributed by atoms with van der Waals surface area (Å²) in [7, 11) is 4.21. The third-order valence-corrected chi connectivity index (χ3v) is 5.13. The van der Waals surface area contributed by atoms with Gasteiger partial charge in [0.1, 0.15) is 0 Å². The molecule has 0 aromatic rings. The number of amides is 1. The smallest absolute Gasteiger partial charge is 0.225 e. The lowest BCUT2D eigenvalue weighted by Crippen LogP contribution is -2.52. The maximum atomic E-state index is 12.6. The second kappa shape index (κ2) is 7.56. The van der Waals surface area contributed by atoms with E-state index in [1.807, 2.05) is 0 Å². The molecule has 1 saturated carbocycles. The minimum Gasteiger partial charge on any atom is -0.340 e. The zero-order chi connectivity index (χ0) is 15.4. The van der Waals surface area contributed by atoms with E-state index >= 15 is 0 Å². The zero-order valence-electron chi connectivity index (χ0n) is 13.9. The molecule has 5 heteroatoms. The van der Waals surface area contributed by atoms with Gasteiger partial charge >= 0.3 is 0 Å². The van der Waals surface area contributed by atoms with Crippen molar-refractivity contribution in [3.05, 3.63) is 0 Å². The van der Waals surface area contributed by atoms with Crippen LogP contribution < -0.4 is 5.73 Å². The fourth-order valence-corrected chi connectivity index (χ4v) is 3.44. The van der Waals surface area contributed by atoms with E-state index in [2.05, 4.69) is 35.7 Å². The van der Waals surface area contributed by atoms with Crippen molar-refractivity contribution in [3.8, 4) is 0 Å². The SMILES string of the molecule is CC1CC(C(=O)N2CCN(CCN(C)C)CC2)CCC1N. The summed E-state index contributed by atoms with van der Waals surface area (Å²) in [6, 6.07) is 0.289. The third kappa shape index (κ3) is 4.66. The van der Waals surface area contributed by atoms with Crippen LogP contribution >= 0.6 is 0 Å². The third-order valence-electron chi connectivity index (χ3n) is 5.13. The second-order valence-electron chi connectivity index (χ2n) is 7.12. The van der Waals surface area contributed by atoms with Crippen molar-refractivity contribution >= 4 is 5.91 Å². The van der Waals surface area contributed by atoms with Crippen molar-refractivity contribution < 1.29 is 4.79 Å². The van der Waals surface area contributed by atoms with E-state index in [4.69, 9.17) is 5.73 Å². The number of rotatable bonds is 4. The zero-order valence-corrected chi connectivity index (χ0v) is 13.9. The fraction of sp³-hybridized carbons (Fsp3) is 0.938. The van der Waals surface area contributed by atoms with E-state index in [1.54, 1.807) is 0 Å². The van der Waals surface area contributed by atoms with Crippen molar-refractivity contribution in [1.82, 2.24) is 14.7 Å². The van der Waals surface area contributed by atoms with Gasteiger partial charge in [-0.15, -0.1) is 0 Å². The van der Waals surface area contributed by atoms with Crippen LogP contribution in [0.3, 0.4) is 0 Å². The summed E-state index contributed by atoms with van der Waals surface area (Å²) >= 11 is 0. The van der Waals surface area contributed by atoms with E-state index in [-0.39, 0.29) is 12.0 Å². The summed E-state index contributed by atoms with van der Waals surface area (Å²) in [5.41, 5.74) is 6.06. The molecule has 2 aliphatic rings. The highest BCUT2D eigenvalue weighted by molar-refractivity contribution is 5.79. The van der Waals surface area contributed by atoms with Gasteiger partial charge in [-0.3, -0.25) is 9.69 Å². The molecule has 3 unspecified atom stereocenters. The molecule has 122 valence electrons. The minimum atomic E-state index is 0.216. The van der Waals surface area contributed by atoms with Crippen LogP contribution in [0.25, 0.3) is 0 Å². The van der Waals surface area contributed by atoms with Gasteiger partial charge in [-0.1, -0.05) is 6.92 Å². The molecule has 0 spiro atoms. The lowest BCUT2D eigenvalue weighted by atomic mass is 9.78. The predicted octanol–water partition coefficient (Wildman–Crippen LogP) is 0.456. The molecule has 2 rings (SSSR count). The van der Waals surface area contributed by atoms with Crippen LogP contribution in [0.1, 0.15) is 26.2 Å². The Morgan fingerprint density at radius 1 is 1.19 bits per heavy atom. The average Bonchev–Trinajstić information content (AvgIpc) is 2.48. The number of piperazine rings is 1. The quantitative estimate of drug-likeness (QED) is 0.819. The van der Waals surface area contributed by atoms with E-state index in [0.29, 0.717) is 11.8 Å². The van der Waals surface area contributed by atoms with Crippen LogP contribution in [-0.4, -0.2) is 80.0 Å². The number of carbonyl (C=O) groups excluding carboxylic acids is 1. The van der Waals surface area contributed by atoms with E-state index in [9.17, 15) is 4.79 Å². The molecule has 0 aromatic heterocycles. The summed E-state index contributed by atoms with van der Waals surface area (Å²) in [5.74, 6) is 1.07. The molecule has 0 aromatic carbocycles. The Balaban J connectivity index is 1.75. The highest BCUT2D eigenvalue weighted by Crippen LogP contribution is 2.29. The molecule has 1 aliphatic heterocycles. The minimum absolute atomic E-state index is 0.216. The van der Waals surface area contributed by atoms with Crippen LogP contribution in [0, 0.1) is 11.8 Å². The molecule has 1 amide bonds. The molecule has 2 N–H and O–H groups in total. The van der Waals surface area contributed by atoms with Crippen molar-refractivity contribution in [2.75, 3.05) is 53.4 Å². The first-order valence-electron chi connectivity index (χ1n) is 8.39. The maximum absolute atomic E-state index is 12.6. The molecule has 1 saturated heterocycles. The largest absolute Gasteiger partial charge is 0.340 e. The van der Waals surface area contributed by atoms with E-state index in [0.717, 1.165) is 58.5 Å². The molecule has 3 atom stereocenters. The summed E-state index contributed by atoms with van der Waals surface area (Å²) < 4.78 is 0. The Labute approximate surface area is 129 Å². The number of hydrogen-bond donors (Lipinski definition) is 1. The summed E-state index contributed by atoms with van der Waals surface area (Å²) in [6.07, 6.45) is 2.95. The van der Waals surface area contributed by atoms with Gasteiger partial charge in [-0.2, -0.15) is 0 Å². The molecule has 1 heterocycles. The fourth-order valence-electron chi connectivity index (χ4n) is 3.44. The lowest BCUT2D eigenvalue weighted by Gasteiger charge is -2.39. The highest BCUT2D eigenvalue weighted by atomic mass is 16.2. The molecule has 5 nitrogen and oxygen atoms in total. The summed E-state index contributed by atoms with van der Waals surface area (Å²) in [5, 5.41) is 0. The normalized spacial score (nSPS) is 31.7. The number of nitrogens with two attached hydrogens (primary N) is 1. The highest BCUT2D eigenvalue weighted by Gasteiger charge is 2.33. The predicted molar refractivity (Wildman–Crippen MR) is 86.1 cm³/mol. The summed E-state index contributed by atoms with van der Waals surface area (Å²) in [6.45, 7) is 8.19. The Morgan fingerprint density at radius 3 is 2.43 bits per heavy atom. The first-order chi connectivity index (χ1) is 9.97. The molecule has 1 aliphatic carbocycles. The summed E-state index contributed by atoms with van der Waals surface area (Å²) in [4.78, 5) is 19.4. The lowest BCUT2D eigenvalue weighted by molar-refractivity contribution is -0.139. The van der Waals surface area contributed by atoms with Gasteiger partial charge in [0, 0.05) is 51.2 Å². The van der Waals surface area contributed by atoms with Crippen LogP contribution in [0.5, 0.6) is 0 Å². The number of carbonyl (C=O) groups is 1. The van der Waals surface area contributed by atoms with Gasteiger partial charge in [0.25, 0.3) is 0 Å². The average molecular weight is 296 g/mol. The molecule has 2 fully saturated rings. The Kier molecular flexibility index (Phi) is 6.02. The van der Waals surface area contributed by atoms with Crippen molar-refractivity contribution in [2.24, 2.45) is 17.6 Å². The van der Waals surface area contributed by atoms with Gasteiger partial charge in [0.05, 0.1) is 0 Å². The first-order valence-corrected chi connectivity index (χ1v) is 8.39. The standard InChI is InChI=1S/C16H32N4O/c1-13-12-14(4-5-15(13)17)16(21)20-10-8-19(9-11-20)7-6-18(2)3/h13-15H,4-12,17H2,1-3H3. The van der Waals surface area contributed by atoms with Gasteiger partial charge in [0.15, 0.2) is 0 Å². The maximum Gasteiger partial charge on any atom is 0.225 e. The second-order valence-corrected chi connectivity index (χ2v) is 7.12.